The van der Waals surface area contributed by atoms with Crippen LogP contribution in [0.3, 0.4) is 0 Å². The Morgan fingerprint density at radius 2 is 2.08 bits per heavy atom. The summed E-state index contributed by atoms with van der Waals surface area (Å²) < 4.78 is 35.8. The molecule has 9 heteroatoms. The smallest absolute Gasteiger partial charge is 0.265 e. The van der Waals surface area contributed by atoms with Crippen molar-refractivity contribution in [3.8, 4) is 5.75 Å². The van der Waals surface area contributed by atoms with Crippen molar-refractivity contribution < 1.29 is 13.2 Å². The Balaban J connectivity index is 1.76. The van der Waals surface area contributed by atoms with Gasteiger partial charge < -0.3 is 4.74 Å². The molecule has 2 heterocycles. The summed E-state index contributed by atoms with van der Waals surface area (Å²) in [6.07, 6.45) is 4.59. The highest BCUT2D eigenvalue weighted by Crippen LogP contribution is 2.19. The molecule has 0 fully saturated rings. The molecule has 0 aliphatic heterocycles. The first-order valence-electron chi connectivity index (χ1n) is 7.56. The molecule has 3 rings (SSSR count). The van der Waals surface area contributed by atoms with Crippen LogP contribution in [0.5, 0.6) is 5.75 Å². The fourth-order valence-corrected chi connectivity index (χ4v) is 3.76. The van der Waals surface area contributed by atoms with Crippen molar-refractivity contribution in [3.63, 3.8) is 0 Å². The Bertz CT molecular complexity index is 991. The van der Waals surface area contributed by atoms with Crippen molar-refractivity contribution in [2.24, 2.45) is 7.05 Å². The summed E-state index contributed by atoms with van der Waals surface area (Å²) >= 11 is 0. The van der Waals surface area contributed by atoms with Crippen LogP contribution in [0.15, 0.2) is 47.8 Å². The van der Waals surface area contributed by atoms with Crippen LogP contribution in [0.2, 0.25) is 0 Å². The first-order chi connectivity index (χ1) is 11.9. The standard InChI is InChI=1S/C16H19N5O3S/c1-12-16(11-20(2)18-12)25(22,23)19-14-8-17-21(10-14)9-13-5-4-6-15(7-13)24-3/h4-8,10-11,19H,9H2,1-3H3. The Morgan fingerprint density at radius 3 is 2.76 bits per heavy atom. The number of aryl methyl sites for hydroxylation is 2. The van der Waals surface area contributed by atoms with E-state index in [0.717, 1.165) is 11.3 Å². The molecule has 132 valence electrons. The number of ether oxygens (including phenoxy) is 1. The van der Waals surface area contributed by atoms with Gasteiger partial charge in [-0.15, -0.1) is 0 Å². The third-order valence-electron chi connectivity index (χ3n) is 3.62. The van der Waals surface area contributed by atoms with Crippen LogP contribution in [0.1, 0.15) is 11.3 Å². The first kappa shape index (κ1) is 17.0. The molecule has 25 heavy (non-hydrogen) atoms. The van der Waals surface area contributed by atoms with Crippen LogP contribution in [-0.2, 0) is 23.6 Å². The predicted octanol–water partition coefficient (Wildman–Crippen LogP) is 1.78. The molecule has 0 aliphatic carbocycles. The van der Waals surface area contributed by atoms with Gasteiger partial charge in [-0.3, -0.25) is 14.1 Å². The lowest BCUT2D eigenvalue weighted by atomic mass is 10.2. The molecule has 0 saturated heterocycles. The monoisotopic (exact) mass is 361 g/mol. The summed E-state index contributed by atoms with van der Waals surface area (Å²) in [7, 11) is -0.410. The lowest BCUT2D eigenvalue weighted by Gasteiger charge is -2.05. The SMILES string of the molecule is COc1cccc(Cn2cc(NS(=O)(=O)c3cn(C)nc3C)cn2)c1. The van der Waals surface area contributed by atoms with E-state index < -0.39 is 10.0 Å². The molecule has 3 aromatic rings. The van der Waals surface area contributed by atoms with E-state index >= 15 is 0 Å². The van der Waals surface area contributed by atoms with Gasteiger partial charge in [0.2, 0.25) is 0 Å². The second-order valence-electron chi connectivity index (χ2n) is 5.64. The van der Waals surface area contributed by atoms with Crippen LogP contribution >= 0.6 is 0 Å². The third-order valence-corrected chi connectivity index (χ3v) is 5.11. The minimum atomic E-state index is -3.70. The molecule has 0 aliphatic rings. The van der Waals surface area contributed by atoms with E-state index in [1.165, 1.54) is 17.1 Å². The fraction of sp³-hybridized carbons (Fsp3) is 0.250. The molecule has 2 aromatic heterocycles. The van der Waals surface area contributed by atoms with Crippen molar-refractivity contribution >= 4 is 15.7 Å². The highest BCUT2D eigenvalue weighted by Gasteiger charge is 2.20. The maximum absolute atomic E-state index is 12.5. The molecule has 1 N–H and O–H groups in total. The number of methoxy groups -OCH3 is 1. The maximum Gasteiger partial charge on any atom is 0.265 e. The largest absolute Gasteiger partial charge is 0.497 e. The number of hydrogen-bond acceptors (Lipinski definition) is 5. The summed E-state index contributed by atoms with van der Waals surface area (Å²) in [5, 5.41) is 8.26. The normalized spacial score (nSPS) is 11.5. The highest BCUT2D eigenvalue weighted by molar-refractivity contribution is 7.92. The summed E-state index contributed by atoms with van der Waals surface area (Å²) in [4.78, 5) is 0.149. The summed E-state index contributed by atoms with van der Waals surface area (Å²) in [5.41, 5.74) is 1.84. The number of sulfonamides is 1. The minimum absolute atomic E-state index is 0.149. The molecular formula is C16H19N5O3S. The Labute approximate surface area is 146 Å². The average Bonchev–Trinajstić information content (AvgIpc) is 3.13. The predicted molar refractivity (Wildman–Crippen MR) is 93.1 cm³/mol. The van der Waals surface area contributed by atoms with Gasteiger partial charge in [0, 0.05) is 19.4 Å². The molecule has 0 atom stereocenters. The number of hydrogen-bond donors (Lipinski definition) is 1. The van der Waals surface area contributed by atoms with Gasteiger partial charge in [0.25, 0.3) is 10.0 Å². The Kier molecular flexibility index (Phi) is 4.49. The Hall–Kier alpha value is -2.81. The number of anilines is 1. The van der Waals surface area contributed by atoms with E-state index in [9.17, 15) is 8.42 Å². The summed E-state index contributed by atoms with van der Waals surface area (Å²) in [5.74, 6) is 0.762. The van der Waals surface area contributed by atoms with Crippen molar-refractivity contribution in [2.45, 2.75) is 18.4 Å². The molecule has 0 amide bonds. The minimum Gasteiger partial charge on any atom is -0.497 e. The molecule has 1 aromatic carbocycles. The second-order valence-corrected chi connectivity index (χ2v) is 7.29. The third kappa shape index (κ3) is 3.82. The number of nitrogens with one attached hydrogen (secondary N) is 1. The van der Waals surface area contributed by atoms with Gasteiger partial charge in [-0.1, -0.05) is 12.1 Å². The highest BCUT2D eigenvalue weighted by atomic mass is 32.2. The molecule has 8 nitrogen and oxygen atoms in total. The molecule has 0 saturated carbocycles. The lowest BCUT2D eigenvalue weighted by Crippen LogP contribution is -2.13. The molecule has 0 bridgehead atoms. The van der Waals surface area contributed by atoms with Gasteiger partial charge in [-0.05, 0) is 24.6 Å². The van der Waals surface area contributed by atoms with Gasteiger partial charge in [0.15, 0.2) is 0 Å². The van der Waals surface area contributed by atoms with Crippen LogP contribution in [0, 0.1) is 6.92 Å². The van der Waals surface area contributed by atoms with Gasteiger partial charge in [0.05, 0.1) is 31.2 Å². The number of nitrogens with zero attached hydrogens (tertiary/aromatic N) is 4. The van der Waals surface area contributed by atoms with E-state index in [2.05, 4.69) is 14.9 Å². The van der Waals surface area contributed by atoms with Gasteiger partial charge in [0.1, 0.15) is 10.6 Å². The van der Waals surface area contributed by atoms with Crippen molar-refractivity contribution in [1.82, 2.24) is 19.6 Å². The number of benzene rings is 1. The Morgan fingerprint density at radius 1 is 1.28 bits per heavy atom. The van der Waals surface area contributed by atoms with E-state index in [4.69, 9.17) is 4.74 Å². The molecule has 0 spiro atoms. The van der Waals surface area contributed by atoms with Crippen LogP contribution in [0.4, 0.5) is 5.69 Å². The molecular weight excluding hydrogens is 342 g/mol. The van der Waals surface area contributed by atoms with Crippen LogP contribution in [0.25, 0.3) is 0 Å². The number of rotatable bonds is 6. The van der Waals surface area contributed by atoms with E-state index in [-0.39, 0.29) is 4.90 Å². The maximum atomic E-state index is 12.5. The van der Waals surface area contributed by atoms with Crippen LogP contribution < -0.4 is 9.46 Å². The average molecular weight is 361 g/mol. The molecule has 0 unspecified atom stereocenters. The topological polar surface area (TPSA) is 91.0 Å². The van der Waals surface area contributed by atoms with E-state index in [1.54, 1.807) is 32.0 Å². The lowest BCUT2D eigenvalue weighted by molar-refractivity contribution is 0.414. The number of aromatic nitrogens is 4. The van der Waals surface area contributed by atoms with E-state index in [0.29, 0.717) is 17.9 Å². The molecule has 0 radical (unpaired) electrons. The fourth-order valence-electron chi connectivity index (χ4n) is 2.51. The zero-order chi connectivity index (χ0) is 18.0. The van der Waals surface area contributed by atoms with Crippen molar-refractivity contribution in [3.05, 3.63) is 54.1 Å². The van der Waals surface area contributed by atoms with Gasteiger partial charge >= 0.3 is 0 Å². The van der Waals surface area contributed by atoms with Gasteiger partial charge in [-0.25, -0.2) is 8.42 Å². The zero-order valence-electron chi connectivity index (χ0n) is 14.2. The van der Waals surface area contributed by atoms with Crippen molar-refractivity contribution in [1.29, 1.82) is 0 Å². The quantitative estimate of drug-likeness (QED) is 0.723. The first-order valence-corrected chi connectivity index (χ1v) is 9.04. The zero-order valence-corrected chi connectivity index (χ0v) is 15.0. The summed E-state index contributed by atoms with van der Waals surface area (Å²) in [6.45, 7) is 2.16. The summed E-state index contributed by atoms with van der Waals surface area (Å²) in [6, 6.07) is 7.62. The van der Waals surface area contributed by atoms with Gasteiger partial charge in [-0.2, -0.15) is 10.2 Å². The van der Waals surface area contributed by atoms with Crippen molar-refractivity contribution in [2.75, 3.05) is 11.8 Å². The van der Waals surface area contributed by atoms with Crippen LogP contribution in [-0.4, -0.2) is 35.1 Å². The second kappa shape index (κ2) is 6.60. The van der Waals surface area contributed by atoms with E-state index in [1.807, 2.05) is 24.3 Å².